The van der Waals surface area contributed by atoms with Gasteiger partial charge in [-0.1, -0.05) is 0 Å². The molecule has 1 heterocycles. The Balaban J connectivity index is 2.37. The molecule has 1 aliphatic rings. The average Bonchev–Trinajstić information content (AvgIpc) is 2.47. The highest BCUT2D eigenvalue weighted by Crippen LogP contribution is 2.20. The smallest absolute Gasteiger partial charge is 0.323 e. The molecular formula is C12H13N3O4S. The third-order valence-corrected chi connectivity index (χ3v) is 4.99. The molecule has 106 valence electrons. The Hall–Kier alpha value is -1.95. The van der Waals surface area contributed by atoms with Gasteiger partial charge in [0.2, 0.25) is 10.0 Å². The number of carbonyl (C=O) groups is 1. The molecule has 0 aromatic heterocycles. The minimum atomic E-state index is -3.88. The van der Waals surface area contributed by atoms with Crippen molar-refractivity contribution in [2.45, 2.75) is 10.9 Å². The summed E-state index contributed by atoms with van der Waals surface area (Å²) < 4.78 is 25.9. The normalized spacial score (nSPS) is 20.2. The van der Waals surface area contributed by atoms with Gasteiger partial charge >= 0.3 is 5.97 Å². The summed E-state index contributed by atoms with van der Waals surface area (Å²) in [6.45, 7) is 0.573. The second kappa shape index (κ2) is 5.58. The van der Waals surface area contributed by atoms with E-state index in [2.05, 4.69) is 5.32 Å². The highest BCUT2D eigenvalue weighted by Gasteiger charge is 2.37. The summed E-state index contributed by atoms with van der Waals surface area (Å²) >= 11 is 0. The number of piperazine rings is 1. The van der Waals surface area contributed by atoms with E-state index in [-0.39, 0.29) is 18.0 Å². The molecule has 1 aliphatic heterocycles. The van der Waals surface area contributed by atoms with E-state index in [0.717, 1.165) is 4.31 Å². The zero-order valence-corrected chi connectivity index (χ0v) is 11.3. The van der Waals surface area contributed by atoms with Gasteiger partial charge in [-0.15, -0.1) is 0 Å². The third-order valence-electron chi connectivity index (χ3n) is 3.07. The average molecular weight is 295 g/mol. The van der Waals surface area contributed by atoms with Crippen LogP contribution in [0.15, 0.2) is 29.2 Å². The molecule has 1 aromatic rings. The molecule has 8 heteroatoms. The number of sulfonamides is 1. The Morgan fingerprint density at radius 1 is 1.40 bits per heavy atom. The summed E-state index contributed by atoms with van der Waals surface area (Å²) in [5.74, 6) is -1.19. The number of hydrogen-bond donors (Lipinski definition) is 2. The zero-order chi connectivity index (χ0) is 14.8. The first kappa shape index (κ1) is 14.5. The number of nitriles is 1. The fraction of sp³-hybridized carbons (Fsp3) is 0.333. The van der Waals surface area contributed by atoms with Crippen LogP contribution in [0.25, 0.3) is 0 Å². The second-order valence-electron chi connectivity index (χ2n) is 4.31. The minimum Gasteiger partial charge on any atom is -0.480 e. The summed E-state index contributed by atoms with van der Waals surface area (Å²) in [5.41, 5.74) is 0.346. The van der Waals surface area contributed by atoms with Gasteiger partial charge in [0.25, 0.3) is 0 Å². The molecule has 1 aromatic carbocycles. The van der Waals surface area contributed by atoms with Gasteiger partial charge in [-0.05, 0) is 24.3 Å². The summed E-state index contributed by atoms with van der Waals surface area (Å²) in [6.07, 6.45) is 0. The van der Waals surface area contributed by atoms with Gasteiger partial charge in [-0.2, -0.15) is 9.57 Å². The van der Waals surface area contributed by atoms with Gasteiger partial charge in [-0.25, -0.2) is 8.42 Å². The topological polar surface area (TPSA) is 111 Å². The Morgan fingerprint density at radius 2 is 2.05 bits per heavy atom. The lowest BCUT2D eigenvalue weighted by Crippen LogP contribution is -2.56. The maximum atomic E-state index is 12.5. The number of nitrogens with one attached hydrogen (secondary N) is 1. The van der Waals surface area contributed by atoms with Crippen LogP contribution in [0, 0.1) is 11.3 Å². The van der Waals surface area contributed by atoms with Gasteiger partial charge in [0.15, 0.2) is 0 Å². The maximum Gasteiger partial charge on any atom is 0.323 e. The zero-order valence-electron chi connectivity index (χ0n) is 10.5. The highest BCUT2D eigenvalue weighted by atomic mass is 32.2. The SMILES string of the molecule is N#Cc1ccc(S(=O)(=O)N2CCNCC2C(=O)O)cc1. The number of carboxylic acids is 1. The first-order chi connectivity index (χ1) is 9.46. The van der Waals surface area contributed by atoms with E-state index in [1.165, 1.54) is 24.3 Å². The Kier molecular flexibility index (Phi) is 4.04. The van der Waals surface area contributed by atoms with Crippen LogP contribution in [0.5, 0.6) is 0 Å². The molecule has 0 amide bonds. The quantitative estimate of drug-likeness (QED) is 0.785. The molecule has 1 atom stereocenters. The van der Waals surface area contributed by atoms with Crippen molar-refractivity contribution >= 4 is 16.0 Å². The molecule has 0 radical (unpaired) electrons. The van der Waals surface area contributed by atoms with Crippen LogP contribution < -0.4 is 5.32 Å². The maximum absolute atomic E-state index is 12.5. The lowest BCUT2D eigenvalue weighted by Gasteiger charge is -2.32. The van der Waals surface area contributed by atoms with Crippen molar-refractivity contribution in [3.63, 3.8) is 0 Å². The number of rotatable bonds is 3. The summed E-state index contributed by atoms with van der Waals surface area (Å²) in [6, 6.07) is 6.19. The van der Waals surface area contributed by atoms with Crippen LogP contribution in [-0.2, 0) is 14.8 Å². The van der Waals surface area contributed by atoms with Gasteiger partial charge in [0, 0.05) is 19.6 Å². The van der Waals surface area contributed by atoms with Crippen molar-refractivity contribution in [1.29, 1.82) is 5.26 Å². The van der Waals surface area contributed by atoms with E-state index in [0.29, 0.717) is 12.1 Å². The van der Waals surface area contributed by atoms with Crippen LogP contribution in [-0.4, -0.2) is 49.5 Å². The number of nitrogens with zero attached hydrogens (tertiary/aromatic N) is 2. The lowest BCUT2D eigenvalue weighted by atomic mass is 10.2. The Bertz CT molecular complexity index is 648. The van der Waals surface area contributed by atoms with E-state index in [9.17, 15) is 13.2 Å². The summed E-state index contributed by atoms with van der Waals surface area (Å²) in [7, 11) is -3.88. The molecule has 0 bridgehead atoms. The van der Waals surface area contributed by atoms with E-state index >= 15 is 0 Å². The molecule has 1 saturated heterocycles. The number of hydrogen-bond acceptors (Lipinski definition) is 5. The molecule has 0 aliphatic carbocycles. The van der Waals surface area contributed by atoms with E-state index in [1.807, 2.05) is 6.07 Å². The van der Waals surface area contributed by atoms with E-state index in [4.69, 9.17) is 10.4 Å². The van der Waals surface area contributed by atoms with Crippen LogP contribution in [0.2, 0.25) is 0 Å². The molecule has 1 unspecified atom stereocenters. The number of aliphatic carboxylic acids is 1. The van der Waals surface area contributed by atoms with Crippen LogP contribution in [0.3, 0.4) is 0 Å². The molecule has 2 N–H and O–H groups in total. The van der Waals surface area contributed by atoms with Crippen LogP contribution >= 0.6 is 0 Å². The molecule has 7 nitrogen and oxygen atoms in total. The second-order valence-corrected chi connectivity index (χ2v) is 6.20. The monoisotopic (exact) mass is 295 g/mol. The Labute approximate surface area is 116 Å². The predicted molar refractivity (Wildman–Crippen MR) is 69.3 cm³/mol. The van der Waals surface area contributed by atoms with Crippen molar-refractivity contribution < 1.29 is 18.3 Å². The first-order valence-corrected chi connectivity index (χ1v) is 7.36. The van der Waals surface area contributed by atoms with Gasteiger partial charge in [0.1, 0.15) is 6.04 Å². The van der Waals surface area contributed by atoms with Crippen molar-refractivity contribution in [1.82, 2.24) is 9.62 Å². The largest absolute Gasteiger partial charge is 0.480 e. The van der Waals surface area contributed by atoms with E-state index < -0.39 is 22.0 Å². The summed E-state index contributed by atoms with van der Waals surface area (Å²) in [5, 5.41) is 20.7. The molecule has 2 rings (SSSR count). The van der Waals surface area contributed by atoms with Crippen LogP contribution in [0.4, 0.5) is 0 Å². The fourth-order valence-corrected chi connectivity index (χ4v) is 3.60. The molecule has 1 fully saturated rings. The standard InChI is InChI=1S/C12H13N3O4S/c13-7-9-1-3-10(4-2-9)20(18,19)15-6-5-14-8-11(15)12(16)17/h1-4,11,14H,5-6,8H2,(H,16,17). The fourth-order valence-electron chi connectivity index (χ4n) is 2.02. The summed E-state index contributed by atoms with van der Waals surface area (Å²) in [4.78, 5) is 11.1. The van der Waals surface area contributed by atoms with Crippen LogP contribution in [0.1, 0.15) is 5.56 Å². The van der Waals surface area contributed by atoms with Crippen molar-refractivity contribution in [2.75, 3.05) is 19.6 Å². The van der Waals surface area contributed by atoms with Crippen molar-refractivity contribution in [3.05, 3.63) is 29.8 Å². The van der Waals surface area contributed by atoms with Gasteiger partial charge < -0.3 is 10.4 Å². The minimum absolute atomic E-state index is 0.00958. The predicted octanol–water partition coefficient (Wildman–Crippen LogP) is -0.395. The molecule has 20 heavy (non-hydrogen) atoms. The lowest BCUT2D eigenvalue weighted by molar-refractivity contribution is -0.141. The third kappa shape index (κ3) is 2.65. The molecule has 0 spiro atoms. The number of benzene rings is 1. The van der Waals surface area contributed by atoms with E-state index in [1.54, 1.807) is 0 Å². The van der Waals surface area contributed by atoms with Crippen molar-refractivity contribution in [3.8, 4) is 6.07 Å². The first-order valence-electron chi connectivity index (χ1n) is 5.92. The molecular weight excluding hydrogens is 282 g/mol. The highest BCUT2D eigenvalue weighted by molar-refractivity contribution is 7.89. The van der Waals surface area contributed by atoms with Gasteiger partial charge in [0.05, 0.1) is 16.5 Å². The van der Waals surface area contributed by atoms with Gasteiger partial charge in [-0.3, -0.25) is 4.79 Å². The Morgan fingerprint density at radius 3 is 2.60 bits per heavy atom. The molecule has 0 saturated carbocycles. The van der Waals surface area contributed by atoms with Crippen molar-refractivity contribution in [2.24, 2.45) is 0 Å². The number of carboxylic acid groups (broad SMARTS) is 1.